The Balaban J connectivity index is 1.69. The van der Waals surface area contributed by atoms with Crippen LogP contribution in [0.5, 0.6) is 0 Å². The van der Waals surface area contributed by atoms with Gasteiger partial charge in [0.2, 0.25) is 11.8 Å². The Hall–Kier alpha value is -1.06. The molecule has 0 aliphatic heterocycles. The fourth-order valence-corrected chi connectivity index (χ4v) is 3.52. The van der Waals surface area contributed by atoms with Gasteiger partial charge >= 0.3 is 0 Å². The molecule has 0 saturated heterocycles. The number of hydrogen-bond donors (Lipinski definition) is 2. The molecule has 18 heavy (non-hydrogen) atoms. The van der Waals surface area contributed by atoms with Gasteiger partial charge in [0.25, 0.3) is 0 Å². The molecule has 0 aromatic rings. The predicted molar refractivity (Wildman–Crippen MR) is 67.5 cm³/mol. The van der Waals surface area contributed by atoms with E-state index < -0.39 is 5.54 Å². The summed E-state index contributed by atoms with van der Waals surface area (Å²) in [6.45, 7) is 0. The first kappa shape index (κ1) is 12.0. The van der Waals surface area contributed by atoms with E-state index in [0.29, 0.717) is 18.3 Å². The Labute approximate surface area is 108 Å². The molecule has 1 spiro atoms. The lowest BCUT2D eigenvalue weighted by molar-refractivity contribution is -0.133. The van der Waals surface area contributed by atoms with Gasteiger partial charge in [-0.3, -0.25) is 9.59 Å². The van der Waals surface area contributed by atoms with Crippen molar-refractivity contribution in [2.24, 2.45) is 17.1 Å². The summed E-state index contributed by atoms with van der Waals surface area (Å²) in [5, 5.41) is 3.02. The van der Waals surface area contributed by atoms with Crippen molar-refractivity contribution in [2.75, 3.05) is 0 Å². The minimum Gasteiger partial charge on any atom is -0.368 e. The van der Waals surface area contributed by atoms with Gasteiger partial charge in [-0.25, -0.2) is 0 Å². The summed E-state index contributed by atoms with van der Waals surface area (Å²) in [4.78, 5) is 24.0. The fraction of sp³-hybridized carbons (Fsp3) is 0.857. The number of hydrogen-bond acceptors (Lipinski definition) is 2. The molecule has 0 unspecified atom stereocenters. The molecule has 3 aliphatic rings. The van der Waals surface area contributed by atoms with Crippen molar-refractivity contribution in [1.29, 1.82) is 0 Å². The Morgan fingerprint density at radius 1 is 1.00 bits per heavy atom. The zero-order valence-electron chi connectivity index (χ0n) is 10.8. The highest BCUT2D eigenvalue weighted by atomic mass is 16.2. The van der Waals surface area contributed by atoms with Gasteiger partial charge in [-0.1, -0.05) is 25.7 Å². The molecule has 2 amide bonds. The number of amides is 2. The zero-order chi connectivity index (χ0) is 12.8. The third-order valence-electron chi connectivity index (χ3n) is 5.19. The molecule has 0 heterocycles. The third kappa shape index (κ3) is 1.91. The first-order valence-corrected chi connectivity index (χ1v) is 7.20. The van der Waals surface area contributed by atoms with Gasteiger partial charge in [0, 0.05) is 5.92 Å². The Morgan fingerprint density at radius 2 is 1.61 bits per heavy atom. The minimum atomic E-state index is -0.758. The van der Waals surface area contributed by atoms with Gasteiger partial charge in [0.05, 0.1) is 0 Å². The number of carbonyl (C=O) groups excluding carboxylic acids is 2. The van der Waals surface area contributed by atoms with Gasteiger partial charge in [0.1, 0.15) is 5.54 Å². The highest BCUT2D eigenvalue weighted by Crippen LogP contribution is 2.70. The van der Waals surface area contributed by atoms with E-state index in [0.717, 1.165) is 32.1 Å². The maximum Gasteiger partial charge on any atom is 0.243 e. The van der Waals surface area contributed by atoms with Crippen LogP contribution >= 0.6 is 0 Å². The molecule has 3 rings (SSSR count). The van der Waals surface area contributed by atoms with E-state index in [1.54, 1.807) is 0 Å². The summed E-state index contributed by atoms with van der Waals surface area (Å²) in [5.74, 6) is -0.103. The summed E-state index contributed by atoms with van der Waals surface area (Å²) in [7, 11) is 0. The quantitative estimate of drug-likeness (QED) is 0.745. The van der Waals surface area contributed by atoms with Crippen LogP contribution in [0.4, 0.5) is 0 Å². The van der Waals surface area contributed by atoms with Crippen molar-refractivity contribution < 1.29 is 9.59 Å². The molecule has 4 nitrogen and oxygen atoms in total. The summed E-state index contributed by atoms with van der Waals surface area (Å²) in [5.41, 5.74) is 5.15. The monoisotopic (exact) mass is 250 g/mol. The average molecular weight is 250 g/mol. The number of rotatable bonds is 3. The molecule has 100 valence electrons. The number of nitrogens with one attached hydrogen (secondary N) is 1. The Morgan fingerprint density at radius 3 is 2.06 bits per heavy atom. The van der Waals surface area contributed by atoms with Gasteiger partial charge in [-0.15, -0.1) is 0 Å². The van der Waals surface area contributed by atoms with Crippen molar-refractivity contribution in [3.8, 4) is 0 Å². The van der Waals surface area contributed by atoms with Crippen LogP contribution in [0.3, 0.4) is 0 Å². The smallest absolute Gasteiger partial charge is 0.243 e. The standard InChI is InChI=1S/C14H22N2O2/c15-12(18)14(5-3-1-2-4-6-14)16-11(17)10-9-13(10)7-8-13/h10H,1-9H2,(H2,15,18)(H,16,17)/t10-/m1/s1. The first-order chi connectivity index (χ1) is 8.58. The van der Waals surface area contributed by atoms with E-state index in [2.05, 4.69) is 5.32 Å². The Kier molecular flexibility index (Phi) is 2.65. The lowest BCUT2D eigenvalue weighted by atomic mass is 9.89. The molecular formula is C14H22N2O2. The third-order valence-corrected chi connectivity index (χ3v) is 5.19. The van der Waals surface area contributed by atoms with E-state index in [4.69, 9.17) is 5.73 Å². The van der Waals surface area contributed by atoms with Crippen LogP contribution < -0.4 is 11.1 Å². The van der Waals surface area contributed by atoms with E-state index in [9.17, 15) is 9.59 Å². The van der Waals surface area contributed by atoms with E-state index in [1.165, 1.54) is 12.8 Å². The highest BCUT2D eigenvalue weighted by molar-refractivity contribution is 5.92. The first-order valence-electron chi connectivity index (χ1n) is 7.20. The molecule has 0 bridgehead atoms. The van der Waals surface area contributed by atoms with Gasteiger partial charge < -0.3 is 11.1 Å². The van der Waals surface area contributed by atoms with Crippen molar-refractivity contribution in [2.45, 2.75) is 63.3 Å². The van der Waals surface area contributed by atoms with Crippen LogP contribution in [0.25, 0.3) is 0 Å². The summed E-state index contributed by atoms with van der Waals surface area (Å²) in [6.07, 6.45) is 9.08. The van der Waals surface area contributed by atoms with Crippen molar-refractivity contribution in [1.82, 2.24) is 5.32 Å². The number of carbonyl (C=O) groups is 2. The molecule has 0 aromatic carbocycles. The maximum absolute atomic E-state index is 12.2. The van der Waals surface area contributed by atoms with Crippen LogP contribution in [0.1, 0.15) is 57.8 Å². The predicted octanol–water partition coefficient (Wildman–Crippen LogP) is 1.48. The van der Waals surface area contributed by atoms with Crippen LogP contribution in [0.2, 0.25) is 0 Å². The van der Waals surface area contributed by atoms with Gasteiger partial charge in [-0.2, -0.15) is 0 Å². The molecule has 3 fully saturated rings. The largest absolute Gasteiger partial charge is 0.368 e. The topological polar surface area (TPSA) is 72.2 Å². The van der Waals surface area contributed by atoms with Crippen LogP contribution in [0, 0.1) is 11.3 Å². The zero-order valence-corrected chi connectivity index (χ0v) is 10.8. The van der Waals surface area contributed by atoms with Crippen molar-refractivity contribution in [3.63, 3.8) is 0 Å². The SMILES string of the molecule is NC(=O)C1(NC(=O)[C@H]2CC23CC3)CCCCCC1. The lowest BCUT2D eigenvalue weighted by Gasteiger charge is -2.30. The number of nitrogens with two attached hydrogens (primary N) is 1. The van der Waals surface area contributed by atoms with Crippen LogP contribution in [-0.4, -0.2) is 17.4 Å². The maximum atomic E-state index is 12.2. The fourth-order valence-electron chi connectivity index (χ4n) is 3.52. The van der Waals surface area contributed by atoms with Crippen molar-refractivity contribution in [3.05, 3.63) is 0 Å². The summed E-state index contributed by atoms with van der Waals surface area (Å²) < 4.78 is 0. The lowest BCUT2D eigenvalue weighted by Crippen LogP contribution is -2.57. The summed E-state index contributed by atoms with van der Waals surface area (Å²) >= 11 is 0. The molecule has 0 aromatic heterocycles. The van der Waals surface area contributed by atoms with Gasteiger partial charge in [0.15, 0.2) is 0 Å². The molecule has 0 radical (unpaired) electrons. The van der Waals surface area contributed by atoms with E-state index >= 15 is 0 Å². The molecule has 3 saturated carbocycles. The molecule has 1 atom stereocenters. The second kappa shape index (κ2) is 3.97. The minimum absolute atomic E-state index is 0.0770. The van der Waals surface area contributed by atoms with Crippen molar-refractivity contribution >= 4 is 11.8 Å². The average Bonchev–Trinajstić information content (AvgIpc) is 3.22. The van der Waals surface area contributed by atoms with Gasteiger partial charge in [-0.05, 0) is 37.5 Å². The molecule has 3 N–H and O–H groups in total. The Bertz CT molecular complexity index is 379. The second-order valence-electron chi connectivity index (χ2n) is 6.47. The number of primary amides is 1. The second-order valence-corrected chi connectivity index (χ2v) is 6.47. The normalized spacial score (nSPS) is 31.4. The highest BCUT2D eigenvalue weighted by Gasteiger charge is 2.66. The van der Waals surface area contributed by atoms with Crippen LogP contribution in [0.15, 0.2) is 0 Å². The molecular weight excluding hydrogens is 228 g/mol. The van der Waals surface area contributed by atoms with E-state index in [-0.39, 0.29) is 17.7 Å². The molecule has 4 heteroatoms. The van der Waals surface area contributed by atoms with Crippen LogP contribution in [-0.2, 0) is 9.59 Å². The summed E-state index contributed by atoms with van der Waals surface area (Å²) in [6, 6.07) is 0. The van der Waals surface area contributed by atoms with E-state index in [1.807, 2.05) is 0 Å². The molecule has 3 aliphatic carbocycles.